The molecule has 154 valence electrons. The van der Waals surface area contributed by atoms with Crippen molar-refractivity contribution in [3.8, 4) is 5.69 Å². The minimum Gasteiger partial charge on any atom is -0.318 e. The summed E-state index contributed by atoms with van der Waals surface area (Å²) in [6.07, 6.45) is 3.59. The van der Waals surface area contributed by atoms with Gasteiger partial charge in [0.25, 0.3) is 11.1 Å². The third kappa shape index (κ3) is 5.57. The fraction of sp³-hybridized carbons (Fsp3) is 0.360. The van der Waals surface area contributed by atoms with Gasteiger partial charge in [0.2, 0.25) is 0 Å². The molecule has 0 aliphatic rings. The molecule has 3 aromatic rings. The molecule has 0 atom stereocenters. The Morgan fingerprint density at radius 2 is 1.10 bits per heavy atom. The molecule has 29 heavy (non-hydrogen) atoms. The summed E-state index contributed by atoms with van der Waals surface area (Å²) >= 11 is 0. The Morgan fingerprint density at radius 1 is 0.621 bits per heavy atom. The summed E-state index contributed by atoms with van der Waals surface area (Å²) in [7, 11) is 1.78. The number of hydrogen-bond acceptors (Lipinski definition) is 2. The molecule has 0 radical (unpaired) electrons. The largest absolute Gasteiger partial charge is 0.318 e. The lowest BCUT2D eigenvalue weighted by Gasteiger charge is -2.19. The van der Waals surface area contributed by atoms with Crippen molar-refractivity contribution in [1.82, 2.24) is 9.13 Å². The molecule has 0 aliphatic heterocycles. The summed E-state index contributed by atoms with van der Waals surface area (Å²) in [4.78, 5) is 24.0. The second kappa shape index (κ2) is 8.64. The molecule has 1 aromatic carbocycles. The normalized spacial score (nSPS) is 11.6. The minimum absolute atomic E-state index is 0.0594. The van der Waals surface area contributed by atoms with E-state index < -0.39 is 0 Å². The Bertz CT molecular complexity index is 1060. The van der Waals surface area contributed by atoms with Gasteiger partial charge < -0.3 is 4.57 Å². The highest BCUT2D eigenvalue weighted by Crippen LogP contribution is 2.19. The van der Waals surface area contributed by atoms with Gasteiger partial charge in [-0.3, -0.25) is 14.2 Å². The van der Waals surface area contributed by atoms with Crippen molar-refractivity contribution in [1.29, 1.82) is 0 Å². The fourth-order valence-electron chi connectivity index (χ4n) is 3.02. The standard InChI is InChI=1S/C15H17NO.C10H15NO/c1-15(2,3)13-10-7-11-16(14(13)17)12-8-5-4-6-9-12;1-10(2,3)8-6-5-7-11(4)9(8)12/h4-11H,1-3H3;5-7H,1-4H3. The maximum absolute atomic E-state index is 12.4. The van der Waals surface area contributed by atoms with Crippen LogP contribution in [0.2, 0.25) is 0 Å². The second-order valence-electron chi connectivity index (χ2n) is 9.27. The van der Waals surface area contributed by atoms with Gasteiger partial charge >= 0.3 is 0 Å². The van der Waals surface area contributed by atoms with Crippen molar-refractivity contribution in [3.63, 3.8) is 0 Å². The molecule has 0 unspecified atom stereocenters. The zero-order valence-corrected chi connectivity index (χ0v) is 18.6. The van der Waals surface area contributed by atoms with Crippen LogP contribution in [0.5, 0.6) is 0 Å². The van der Waals surface area contributed by atoms with Gasteiger partial charge in [-0.15, -0.1) is 0 Å². The fourth-order valence-corrected chi connectivity index (χ4v) is 3.02. The van der Waals surface area contributed by atoms with E-state index in [0.29, 0.717) is 0 Å². The zero-order chi connectivity index (χ0) is 21.8. The maximum Gasteiger partial charge on any atom is 0.258 e. The van der Waals surface area contributed by atoms with Gasteiger partial charge in [-0.2, -0.15) is 0 Å². The van der Waals surface area contributed by atoms with Gasteiger partial charge in [-0.1, -0.05) is 71.9 Å². The number of para-hydroxylation sites is 1. The van der Waals surface area contributed by atoms with Crippen LogP contribution in [-0.2, 0) is 17.9 Å². The van der Waals surface area contributed by atoms with E-state index in [1.54, 1.807) is 22.4 Å². The summed E-state index contributed by atoms with van der Waals surface area (Å²) in [5.41, 5.74) is 2.58. The molecule has 4 heteroatoms. The molecule has 0 spiro atoms. The van der Waals surface area contributed by atoms with Crippen LogP contribution in [0.4, 0.5) is 0 Å². The van der Waals surface area contributed by atoms with Gasteiger partial charge in [0, 0.05) is 36.3 Å². The third-order valence-corrected chi connectivity index (χ3v) is 4.72. The number of rotatable bonds is 1. The molecule has 0 saturated heterocycles. The second-order valence-corrected chi connectivity index (χ2v) is 9.27. The van der Waals surface area contributed by atoms with Crippen molar-refractivity contribution in [2.24, 2.45) is 7.05 Å². The van der Waals surface area contributed by atoms with E-state index in [-0.39, 0.29) is 21.9 Å². The molecular weight excluding hydrogens is 360 g/mol. The predicted octanol–water partition coefficient (Wildman–Crippen LogP) is 4.82. The molecule has 0 amide bonds. The maximum atomic E-state index is 12.4. The van der Waals surface area contributed by atoms with Crippen molar-refractivity contribution in [2.75, 3.05) is 0 Å². The van der Waals surface area contributed by atoms with Crippen LogP contribution in [0.3, 0.4) is 0 Å². The average molecular weight is 393 g/mol. The highest BCUT2D eigenvalue weighted by atomic mass is 16.1. The average Bonchev–Trinajstić information content (AvgIpc) is 2.63. The molecule has 0 N–H and O–H groups in total. The van der Waals surface area contributed by atoms with E-state index in [1.165, 1.54) is 0 Å². The lowest BCUT2D eigenvalue weighted by atomic mass is 9.88. The van der Waals surface area contributed by atoms with E-state index in [0.717, 1.165) is 16.8 Å². The number of pyridine rings is 2. The van der Waals surface area contributed by atoms with E-state index in [2.05, 4.69) is 20.8 Å². The van der Waals surface area contributed by atoms with Crippen molar-refractivity contribution in [2.45, 2.75) is 52.4 Å². The van der Waals surface area contributed by atoms with Crippen LogP contribution in [0, 0.1) is 0 Å². The van der Waals surface area contributed by atoms with Crippen LogP contribution in [-0.4, -0.2) is 9.13 Å². The van der Waals surface area contributed by atoms with Gasteiger partial charge in [0.05, 0.1) is 0 Å². The molecule has 4 nitrogen and oxygen atoms in total. The van der Waals surface area contributed by atoms with Crippen molar-refractivity contribution < 1.29 is 0 Å². The lowest BCUT2D eigenvalue weighted by molar-refractivity contribution is 0.573. The van der Waals surface area contributed by atoms with E-state index in [1.807, 2.05) is 81.6 Å². The molecule has 2 aromatic heterocycles. The quantitative estimate of drug-likeness (QED) is 0.596. The SMILES string of the molecule is CC(C)(C)c1cccn(-c2ccccc2)c1=O.Cn1cccc(C(C)(C)C)c1=O. The molecule has 2 heterocycles. The van der Waals surface area contributed by atoms with Gasteiger partial charge in [0.15, 0.2) is 0 Å². The summed E-state index contributed by atoms with van der Waals surface area (Å²) in [5, 5.41) is 0. The molecule has 0 fully saturated rings. The Balaban J connectivity index is 0.000000221. The van der Waals surface area contributed by atoms with Crippen LogP contribution >= 0.6 is 0 Å². The first-order valence-electron chi connectivity index (χ1n) is 9.86. The number of benzene rings is 1. The van der Waals surface area contributed by atoms with Gasteiger partial charge in [0.1, 0.15) is 0 Å². The molecule has 0 saturated carbocycles. The predicted molar refractivity (Wildman–Crippen MR) is 121 cm³/mol. The Labute approximate surface area is 173 Å². The van der Waals surface area contributed by atoms with Crippen LogP contribution < -0.4 is 11.1 Å². The first kappa shape index (κ1) is 22.4. The molecular formula is C25H32N2O2. The number of aromatic nitrogens is 2. The molecule has 0 bridgehead atoms. The highest BCUT2D eigenvalue weighted by molar-refractivity contribution is 5.34. The number of nitrogens with zero attached hydrogens (tertiary/aromatic N) is 2. The Kier molecular flexibility index (Phi) is 6.68. The van der Waals surface area contributed by atoms with Crippen molar-refractivity contribution in [3.05, 3.63) is 98.8 Å². The summed E-state index contributed by atoms with van der Waals surface area (Å²) in [6, 6.07) is 17.3. The first-order valence-corrected chi connectivity index (χ1v) is 9.86. The Hall–Kier alpha value is -2.88. The van der Waals surface area contributed by atoms with Gasteiger partial charge in [-0.05, 0) is 35.1 Å². The van der Waals surface area contributed by atoms with E-state index in [9.17, 15) is 9.59 Å². The lowest BCUT2D eigenvalue weighted by Crippen LogP contribution is -2.28. The number of hydrogen-bond donors (Lipinski definition) is 0. The first-order chi connectivity index (χ1) is 13.4. The summed E-state index contributed by atoms with van der Waals surface area (Å²) < 4.78 is 3.31. The summed E-state index contributed by atoms with van der Waals surface area (Å²) in [6.45, 7) is 12.3. The molecule has 0 aliphatic carbocycles. The van der Waals surface area contributed by atoms with E-state index >= 15 is 0 Å². The molecule has 3 rings (SSSR count). The van der Waals surface area contributed by atoms with Gasteiger partial charge in [-0.25, -0.2) is 0 Å². The highest BCUT2D eigenvalue weighted by Gasteiger charge is 2.19. The van der Waals surface area contributed by atoms with Crippen LogP contribution in [0.15, 0.2) is 76.6 Å². The zero-order valence-electron chi connectivity index (χ0n) is 18.6. The number of aryl methyl sites for hydroxylation is 1. The van der Waals surface area contributed by atoms with Crippen molar-refractivity contribution >= 4 is 0 Å². The van der Waals surface area contributed by atoms with Crippen LogP contribution in [0.1, 0.15) is 52.7 Å². The van der Waals surface area contributed by atoms with Crippen LogP contribution in [0.25, 0.3) is 5.69 Å². The minimum atomic E-state index is -0.130. The monoisotopic (exact) mass is 392 g/mol. The topological polar surface area (TPSA) is 44.0 Å². The smallest absolute Gasteiger partial charge is 0.258 e. The third-order valence-electron chi connectivity index (χ3n) is 4.72. The Morgan fingerprint density at radius 3 is 1.59 bits per heavy atom. The summed E-state index contributed by atoms with van der Waals surface area (Å²) in [5.74, 6) is 0. The van der Waals surface area contributed by atoms with E-state index in [4.69, 9.17) is 0 Å².